The molecule has 25 heavy (non-hydrogen) atoms. The number of aromatic nitrogens is 5. The summed E-state index contributed by atoms with van der Waals surface area (Å²) in [6.07, 6.45) is 3.30. The van der Waals surface area contributed by atoms with Crippen molar-refractivity contribution in [2.24, 2.45) is 7.05 Å². The van der Waals surface area contributed by atoms with E-state index >= 15 is 0 Å². The zero-order valence-corrected chi connectivity index (χ0v) is 14.8. The van der Waals surface area contributed by atoms with E-state index in [9.17, 15) is 9.59 Å². The van der Waals surface area contributed by atoms with Crippen molar-refractivity contribution in [3.05, 3.63) is 52.3 Å². The fourth-order valence-electron chi connectivity index (χ4n) is 2.61. The monoisotopic (exact) mass is 343 g/mol. The lowest BCUT2D eigenvalue weighted by atomic mass is 9.90. The third-order valence-corrected chi connectivity index (χ3v) is 3.78. The third-order valence-electron chi connectivity index (χ3n) is 3.78. The normalized spacial score (nSPS) is 11.8. The van der Waals surface area contributed by atoms with Crippen molar-refractivity contribution in [1.82, 2.24) is 24.0 Å². The first-order chi connectivity index (χ1) is 11.8. The smallest absolute Gasteiger partial charge is 0.350 e. The number of ether oxygens (including phenoxy) is 1. The number of carbonyl (C=O) groups is 1. The van der Waals surface area contributed by atoms with Gasteiger partial charge in [0.2, 0.25) is 0 Å². The van der Waals surface area contributed by atoms with Gasteiger partial charge in [-0.2, -0.15) is 5.10 Å². The van der Waals surface area contributed by atoms with E-state index in [2.05, 4.69) is 10.2 Å². The van der Waals surface area contributed by atoms with Gasteiger partial charge in [0.15, 0.2) is 5.65 Å². The lowest BCUT2D eigenvalue weighted by Crippen LogP contribution is -2.24. The van der Waals surface area contributed by atoms with E-state index in [1.165, 1.54) is 9.08 Å². The molecular formula is C17H21N5O3. The van der Waals surface area contributed by atoms with E-state index in [-0.39, 0.29) is 24.3 Å². The van der Waals surface area contributed by atoms with Gasteiger partial charge in [-0.25, -0.2) is 14.3 Å². The molecule has 8 nitrogen and oxygen atoms in total. The Morgan fingerprint density at radius 3 is 2.68 bits per heavy atom. The van der Waals surface area contributed by atoms with Crippen molar-refractivity contribution >= 4 is 11.6 Å². The highest BCUT2D eigenvalue weighted by Gasteiger charge is 2.26. The van der Waals surface area contributed by atoms with E-state index in [1.807, 2.05) is 26.8 Å². The molecule has 132 valence electrons. The van der Waals surface area contributed by atoms with Crippen LogP contribution in [0.25, 0.3) is 5.65 Å². The summed E-state index contributed by atoms with van der Waals surface area (Å²) in [5.74, 6) is -0.449. The second kappa shape index (κ2) is 6.19. The highest BCUT2D eigenvalue weighted by Crippen LogP contribution is 2.24. The summed E-state index contributed by atoms with van der Waals surface area (Å²) in [6.45, 7) is 6.21. The van der Waals surface area contributed by atoms with E-state index in [1.54, 1.807) is 36.3 Å². The van der Waals surface area contributed by atoms with Gasteiger partial charge in [0, 0.05) is 24.9 Å². The highest BCUT2D eigenvalue weighted by molar-refractivity contribution is 5.90. The van der Waals surface area contributed by atoms with Crippen LogP contribution in [0.15, 0.2) is 35.4 Å². The Balaban J connectivity index is 1.71. The van der Waals surface area contributed by atoms with Crippen LogP contribution in [0.5, 0.6) is 0 Å². The Morgan fingerprint density at radius 1 is 1.24 bits per heavy atom. The van der Waals surface area contributed by atoms with Gasteiger partial charge in [0.25, 0.3) is 0 Å². The van der Waals surface area contributed by atoms with Gasteiger partial charge in [0.05, 0.1) is 12.2 Å². The molecule has 3 aromatic rings. The quantitative estimate of drug-likeness (QED) is 0.668. The third kappa shape index (κ3) is 3.33. The van der Waals surface area contributed by atoms with E-state index in [0.29, 0.717) is 16.9 Å². The number of pyridine rings is 1. The Morgan fingerprint density at radius 2 is 2.00 bits per heavy atom. The number of nitrogens with zero attached hydrogens (tertiary/aromatic N) is 5. The van der Waals surface area contributed by atoms with Crippen LogP contribution >= 0.6 is 0 Å². The first kappa shape index (κ1) is 16.9. The van der Waals surface area contributed by atoms with Crippen LogP contribution in [0.4, 0.5) is 0 Å². The molecule has 3 aromatic heterocycles. The summed E-state index contributed by atoms with van der Waals surface area (Å²) in [4.78, 5) is 24.6. The number of carbonyl (C=O) groups excluding carboxylic acids is 1. The minimum Gasteiger partial charge on any atom is -0.460 e. The molecular weight excluding hydrogens is 322 g/mol. The van der Waals surface area contributed by atoms with Crippen LogP contribution in [-0.4, -0.2) is 36.5 Å². The summed E-state index contributed by atoms with van der Waals surface area (Å²) >= 11 is 0. The first-order valence-electron chi connectivity index (χ1n) is 8.03. The second-order valence-electron chi connectivity index (χ2n) is 6.89. The van der Waals surface area contributed by atoms with Crippen molar-refractivity contribution in [3.8, 4) is 0 Å². The molecule has 3 heterocycles. The van der Waals surface area contributed by atoms with E-state index in [0.717, 1.165) is 0 Å². The van der Waals surface area contributed by atoms with Gasteiger partial charge >= 0.3 is 11.7 Å². The zero-order chi connectivity index (χ0) is 18.2. The maximum atomic E-state index is 12.4. The number of aryl methyl sites for hydroxylation is 1. The number of hydrogen-bond acceptors (Lipinski definition) is 5. The molecule has 8 heteroatoms. The van der Waals surface area contributed by atoms with Crippen molar-refractivity contribution in [2.75, 3.05) is 6.61 Å². The molecule has 0 fully saturated rings. The first-order valence-corrected chi connectivity index (χ1v) is 8.03. The average molecular weight is 343 g/mol. The Labute approximate surface area is 144 Å². The van der Waals surface area contributed by atoms with Crippen LogP contribution in [0.3, 0.4) is 0 Å². The van der Waals surface area contributed by atoms with Gasteiger partial charge in [-0.1, -0.05) is 26.8 Å². The molecule has 0 amide bonds. The van der Waals surface area contributed by atoms with Gasteiger partial charge < -0.3 is 4.74 Å². The predicted octanol–water partition coefficient (Wildman–Crippen LogP) is 1.38. The van der Waals surface area contributed by atoms with Crippen LogP contribution < -0.4 is 5.69 Å². The summed E-state index contributed by atoms with van der Waals surface area (Å²) < 4.78 is 9.67. The molecule has 0 saturated heterocycles. The van der Waals surface area contributed by atoms with E-state index in [4.69, 9.17) is 4.74 Å². The van der Waals surface area contributed by atoms with Crippen LogP contribution in [0.1, 0.15) is 36.8 Å². The zero-order valence-electron chi connectivity index (χ0n) is 14.8. The topological polar surface area (TPSA) is 83.4 Å². The van der Waals surface area contributed by atoms with Crippen molar-refractivity contribution in [1.29, 1.82) is 0 Å². The van der Waals surface area contributed by atoms with Gasteiger partial charge in [0.1, 0.15) is 12.2 Å². The molecule has 0 unspecified atom stereocenters. The maximum absolute atomic E-state index is 12.4. The van der Waals surface area contributed by atoms with Gasteiger partial charge in [-0.3, -0.25) is 9.08 Å². The van der Waals surface area contributed by atoms with E-state index < -0.39 is 5.97 Å². The molecule has 0 N–H and O–H groups in total. The Kier molecular flexibility index (Phi) is 4.20. The van der Waals surface area contributed by atoms with Crippen molar-refractivity contribution in [2.45, 2.75) is 32.7 Å². The second-order valence-corrected chi connectivity index (χ2v) is 6.89. The Hall–Kier alpha value is -2.90. The summed E-state index contributed by atoms with van der Waals surface area (Å²) in [6, 6.07) is 5.31. The SMILES string of the molecule is Cn1cc(C(=O)OCCn2nc3ccccn3c2=O)c(C(C)(C)C)n1. The predicted molar refractivity (Wildman–Crippen MR) is 91.6 cm³/mol. The largest absolute Gasteiger partial charge is 0.460 e. The number of hydrogen-bond donors (Lipinski definition) is 0. The lowest BCUT2D eigenvalue weighted by molar-refractivity contribution is 0.0483. The molecule has 0 bridgehead atoms. The molecule has 0 aliphatic heterocycles. The average Bonchev–Trinajstić information content (AvgIpc) is 3.09. The molecule has 0 aliphatic carbocycles. The maximum Gasteiger partial charge on any atom is 0.350 e. The van der Waals surface area contributed by atoms with Gasteiger partial charge in [-0.15, -0.1) is 5.10 Å². The fraction of sp³-hybridized carbons (Fsp3) is 0.412. The standard InChI is InChI=1S/C17H21N5O3/c1-17(2,3)14-12(11-20(4)19-14)15(23)25-10-9-22-16(24)21-8-6-5-7-13(21)18-22/h5-8,11H,9-10H2,1-4H3. The van der Waals surface area contributed by atoms with Crippen LogP contribution in [-0.2, 0) is 23.7 Å². The number of esters is 1. The molecule has 0 aromatic carbocycles. The summed E-state index contributed by atoms with van der Waals surface area (Å²) in [7, 11) is 1.77. The minimum absolute atomic E-state index is 0.0566. The number of rotatable bonds is 4. The van der Waals surface area contributed by atoms with Crippen molar-refractivity contribution in [3.63, 3.8) is 0 Å². The lowest BCUT2D eigenvalue weighted by Gasteiger charge is -2.16. The summed E-state index contributed by atoms with van der Waals surface area (Å²) in [5.41, 5.74) is 1.15. The number of fused-ring (bicyclic) bond motifs is 1. The molecule has 0 spiro atoms. The van der Waals surface area contributed by atoms with Crippen molar-refractivity contribution < 1.29 is 9.53 Å². The molecule has 0 atom stereocenters. The molecule has 3 rings (SSSR count). The van der Waals surface area contributed by atoms with Crippen LogP contribution in [0.2, 0.25) is 0 Å². The molecule has 0 aliphatic rings. The Bertz CT molecular complexity index is 974. The molecule has 0 radical (unpaired) electrons. The molecule has 0 saturated carbocycles. The summed E-state index contributed by atoms with van der Waals surface area (Å²) in [5, 5.41) is 8.56. The van der Waals surface area contributed by atoms with Crippen LogP contribution in [0, 0.1) is 0 Å². The minimum atomic E-state index is -0.449. The van der Waals surface area contributed by atoms with Gasteiger partial charge in [-0.05, 0) is 12.1 Å². The fourth-order valence-corrected chi connectivity index (χ4v) is 2.61. The highest BCUT2D eigenvalue weighted by atomic mass is 16.5.